The van der Waals surface area contributed by atoms with Crippen molar-refractivity contribution >= 4 is 12.0 Å². The van der Waals surface area contributed by atoms with Crippen LogP contribution in [0.1, 0.15) is 34.0 Å². The number of carbonyl (C=O) groups is 1. The number of benzene rings is 2. The van der Waals surface area contributed by atoms with Gasteiger partial charge in [-0.15, -0.1) is 0 Å². The quantitative estimate of drug-likeness (QED) is 0.741. The van der Waals surface area contributed by atoms with Crippen molar-refractivity contribution in [2.75, 3.05) is 20.8 Å². The van der Waals surface area contributed by atoms with Crippen molar-refractivity contribution in [2.45, 2.75) is 26.1 Å². The molecule has 7 heteroatoms. The molecule has 29 heavy (non-hydrogen) atoms. The maximum absolute atomic E-state index is 12.7. The fraction of sp³-hybridized carbons (Fsp3) is 0.318. The van der Waals surface area contributed by atoms with E-state index in [2.05, 4.69) is 0 Å². The average molecular weight is 400 g/mol. The SMILES string of the molecule is COc1c(/C=C/C(C)(CO)OC)ccc2c1C(=O)OCc1cc(C)cc(O)c1O2. The number of carbonyl (C=O) groups excluding carboxylic acids is 1. The van der Waals surface area contributed by atoms with Gasteiger partial charge in [-0.3, -0.25) is 0 Å². The van der Waals surface area contributed by atoms with Gasteiger partial charge in [0.15, 0.2) is 11.5 Å². The van der Waals surface area contributed by atoms with Gasteiger partial charge in [0, 0.05) is 18.2 Å². The summed E-state index contributed by atoms with van der Waals surface area (Å²) in [5.41, 5.74) is 1.21. The van der Waals surface area contributed by atoms with Gasteiger partial charge < -0.3 is 29.2 Å². The largest absolute Gasteiger partial charge is 0.504 e. The summed E-state index contributed by atoms with van der Waals surface area (Å²) in [4.78, 5) is 12.7. The molecule has 0 bridgehead atoms. The molecule has 1 aliphatic heterocycles. The smallest absolute Gasteiger partial charge is 0.346 e. The molecule has 154 valence electrons. The number of hydrogen-bond acceptors (Lipinski definition) is 7. The lowest BCUT2D eigenvalue weighted by Crippen LogP contribution is -2.28. The Kier molecular flexibility index (Phi) is 5.81. The Balaban J connectivity index is 2.11. The summed E-state index contributed by atoms with van der Waals surface area (Å²) in [5, 5.41) is 19.8. The van der Waals surface area contributed by atoms with Crippen LogP contribution in [0.3, 0.4) is 0 Å². The third kappa shape index (κ3) is 4.06. The molecule has 1 heterocycles. The Morgan fingerprint density at radius 2 is 2.03 bits per heavy atom. The average Bonchev–Trinajstić information content (AvgIpc) is 2.71. The lowest BCUT2D eigenvalue weighted by molar-refractivity contribution is 0.00103. The van der Waals surface area contributed by atoms with E-state index in [1.54, 1.807) is 43.3 Å². The third-order valence-electron chi connectivity index (χ3n) is 4.82. The fourth-order valence-corrected chi connectivity index (χ4v) is 3.04. The molecule has 1 unspecified atom stereocenters. The number of phenolic OH excluding ortho intramolecular Hbond substituents is 1. The Bertz CT molecular complexity index is 958. The van der Waals surface area contributed by atoms with Crippen molar-refractivity contribution < 1.29 is 34.0 Å². The molecular weight excluding hydrogens is 376 g/mol. The first-order valence-corrected chi connectivity index (χ1v) is 9.05. The summed E-state index contributed by atoms with van der Waals surface area (Å²) in [5.74, 6) is 0.0685. The van der Waals surface area contributed by atoms with Crippen LogP contribution < -0.4 is 9.47 Å². The zero-order valence-electron chi connectivity index (χ0n) is 16.8. The predicted molar refractivity (Wildman–Crippen MR) is 107 cm³/mol. The number of cyclic esters (lactones) is 1. The molecule has 7 nitrogen and oxygen atoms in total. The third-order valence-corrected chi connectivity index (χ3v) is 4.82. The van der Waals surface area contributed by atoms with E-state index < -0.39 is 11.6 Å². The summed E-state index contributed by atoms with van der Waals surface area (Å²) >= 11 is 0. The standard InChI is InChI=1S/C22H24O7/c1-13-9-15-11-28-21(25)18-17(29-19(15)16(24)10-13)6-5-14(20(18)26-3)7-8-22(2,12-23)27-4/h5-10,23-24H,11-12H2,1-4H3/b8-7+. The number of phenols is 1. The predicted octanol–water partition coefficient (Wildman–Crippen LogP) is 3.58. The van der Waals surface area contributed by atoms with E-state index in [1.807, 2.05) is 6.92 Å². The molecule has 0 fully saturated rings. The highest BCUT2D eigenvalue weighted by Crippen LogP contribution is 2.42. The molecule has 0 radical (unpaired) electrons. The number of fused-ring (bicyclic) bond motifs is 2. The van der Waals surface area contributed by atoms with Crippen LogP contribution >= 0.6 is 0 Å². The molecule has 0 saturated heterocycles. The van der Waals surface area contributed by atoms with Gasteiger partial charge in [-0.05, 0) is 43.7 Å². The molecule has 0 saturated carbocycles. The van der Waals surface area contributed by atoms with Crippen LogP contribution in [0.25, 0.3) is 6.08 Å². The van der Waals surface area contributed by atoms with Crippen LogP contribution in [0, 0.1) is 6.92 Å². The summed E-state index contributed by atoms with van der Waals surface area (Å²) < 4.78 is 22.1. The topological polar surface area (TPSA) is 94.5 Å². The van der Waals surface area contributed by atoms with E-state index >= 15 is 0 Å². The second kappa shape index (κ2) is 8.14. The van der Waals surface area contributed by atoms with E-state index in [9.17, 15) is 15.0 Å². The number of methoxy groups -OCH3 is 2. The number of ether oxygens (including phenoxy) is 4. The molecular formula is C22H24O7. The van der Waals surface area contributed by atoms with Crippen molar-refractivity contribution in [2.24, 2.45) is 0 Å². The molecule has 1 atom stereocenters. The van der Waals surface area contributed by atoms with E-state index in [-0.39, 0.29) is 41.8 Å². The van der Waals surface area contributed by atoms with Crippen molar-refractivity contribution in [3.05, 3.63) is 52.6 Å². The van der Waals surface area contributed by atoms with Gasteiger partial charge in [0.2, 0.25) is 0 Å². The molecule has 2 N–H and O–H groups in total. The molecule has 3 rings (SSSR count). The van der Waals surface area contributed by atoms with Crippen molar-refractivity contribution in [3.63, 3.8) is 0 Å². The van der Waals surface area contributed by atoms with Crippen molar-refractivity contribution in [1.82, 2.24) is 0 Å². The first-order valence-electron chi connectivity index (χ1n) is 9.05. The van der Waals surface area contributed by atoms with Gasteiger partial charge in [0.25, 0.3) is 0 Å². The highest BCUT2D eigenvalue weighted by molar-refractivity contribution is 5.97. The first-order chi connectivity index (χ1) is 13.8. The number of esters is 1. The van der Waals surface area contributed by atoms with Gasteiger partial charge in [-0.2, -0.15) is 0 Å². The second-order valence-corrected chi connectivity index (χ2v) is 7.02. The lowest BCUT2D eigenvalue weighted by Gasteiger charge is -2.23. The molecule has 1 aliphatic rings. The monoisotopic (exact) mass is 400 g/mol. The number of aliphatic hydroxyl groups is 1. The minimum atomic E-state index is -0.880. The minimum Gasteiger partial charge on any atom is -0.504 e. The summed E-state index contributed by atoms with van der Waals surface area (Å²) in [6.07, 6.45) is 3.37. The van der Waals surface area contributed by atoms with Gasteiger partial charge in [-0.1, -0.05) is 12.2 Å². The maximum Gasteiger partial charge on any atom is 0.346 e. The highest BCUT2D eigenvalue weighted by atomic mass is 16.5. The van der Waals surface area contributed by atoms with Gasteiger partial charge in [0.05, 0.1) is 13.7 Å². The Morgan fingerprint density at radius 1 is 1.28 bits per heavy atom. The second-order valence-electron chi connectivity index (χ2n) is 7.02. The number of aliphatic hydroxyl groups excluding tert-OH is 1. The summed E-state index contributed by atoms with van der Waals surface area (Å²) in [6, 6.07) is 6.69. The maximum atomic E-state index is 12.7. The van der Waals surface area contributed by atoms with Crippen LogP contribution in [0.15, 0.2) is 30.3 Å². The minimum absolute atomic E-state index is 0.0364. The fourth-order valence-electron chi connectivity index (χ4n) is 3.04. The van der Waals surface area contributed by atoms with Crippen molar-refractivity contribution in [1.29, 1.82) is 0 Å². The number of rotatable bonds is 5. The highest BCUT2D eigenvalue weighted by Gasteiger charge is 2.28. The van der Waals surface area contributed by atoms with Gasteiger partial charge in [0.1, 0.15) is 29.3 Å². The zero-order chi connectivity index (χ0) is 21.2. The van der Waals surface area contributed by atoms with Crippen LogP contribution in [0.4, 0.5) is 0 Å². The first kappa shape index (κ1) is 20.7. The van der Waals surface area contributed by atoms with Crippen LogP contribution in [-0.2, 0) is 16.1 Å². The van der Waals surface area contributed by atoms with E-state index in [4.69, 9.17) is 18.9 Å². The summed E-state index contributed by atoms with van der Waals surface area (Å²) in [6.45, 7) is 3.30. The number of aromatic hydroxyl groups is 1. The van der Waals surface area contributed by atoms with E-state index in [1.165, 1.54) is 14.2 Å². The molecule has 0 aromatic heterocycles. The normalized spacial score (nSPS) is 15.4. The van der Waals surface area contributed by atoms with Gasteiger partial charge in [-0.25, -0.2) is 4.79 Å². The molecule has 0 spiro atoms. The Morgan fingerprint density at radius 3 is 2.69 bits per heavy atom. The number of hydrogen-bond donors (Lipinski definition) is 2. The number of aryl methyl sites for hydroxylation is 1. The van der Waals surface area contributed by atoms with Crippen LogP contribution in [-0.4, -0.2) is 42.6 Å². The molecule has 2 aromatic carbocycles. The van der Waals surface area contributed by atoms with E-state index in [0.717, 1.165) is 5.56 Å². The van der Waals surface area contributed by atoms with Gasteiger partial charge >= 0.3 is 5.97 Å². The van der Waals surface area contributed by atoms with Crippen LogP contribution in [0.5, 0.6) is 23.0 Å². The lowest BCUT2D eigenvalue weighted by atomic mass is 10.0. The van der Waals surface area contributed by atoms with Crippen molar-refractivity contribution in [3.8, 4) is 23.0 Å². The molecule has 0 amide bonds. The Labute approximate surface area is 169 Å². The zero-order valence-corrected chi connectivity index (χ0v) is 16.8. The Hall–Kier alpha value is -3.03. The molecule has 2 aromatic rings. The summed E-state index contributed by atoms with van der Waals surface area (Å²) in [7, 11) is 2.94. The van der Waals surface area contributed by atoms with Crippen LogP contribution in [0.2, 0.25) is 0 Å². The molecule has 0 aliphatic carbocycles. The van der Waals surface area contributed by atoms with E-state index in [0.29, 0.717) is 11.1 Å².